The number of alkyl halides is 2. The van der Waals surface area contributed by atoms with E-state index in [0.29, 0.717) is 12.8 Å². The van der Waals surface area contributed by atoms with E-state index in [1.165, 1.54) is 5.56 Å². The molecule has 0 amide bonds. The summed E-state index contributed by atoms with van der Waals surface area (Å²) >= 11 is 0. The van der Waals surface area contributed by atoms with Gasteiger partial charge < -0.3 is 0 Å². The highest BCUT2D eigenvalue weighted by Crippen LogP contribution is 2.38. The maximum absolute atomic E-state index is 13.6. The molecule has 0 aromatic heterocycles. The SMILES string of the molecule is Cc1ccc(C2CC(F)C(C)C(F)C2)cc1. The summed E-state index contributed by atoms with van der Waals surface area (Å²) in [4.78, 5) is 0. The Morgan fingerprint density at radius 2 is 1.50 bits per heavy atom. The van der Waals surface area contributed by atoms with Crippen LogP contribution in [0.15, 0.2) is 24.3 Å². The molecule has 1 aliphatic rings. The Kier molecular flexibility index (Phi) is 3.27. The van der Waals surface area contributed by atoms with Crippen LogP contribution in [-0.2, 0) is 0 Å². The van der Waals surface area contributed by atoms with Crippen LogP contribution in [0.25, 0.3) is 0 Å². The normalized spacial score (nSPS) is 35.0. The molecule has 0 heterocycles. The van der Waals surface area contributed by atoms with E-state index < -0.39 is 18.3 Å². The van der Waals surface area contributed by atoms with Crippen molar-refractivity contribution in [3.05, 3.63) is 35.4 Å². The Morgan fingerprint density at radius 1 is 1.00 bits per heavy atom. The van der Waals surface area contributed by atoms with E-state index in [4.69, 9.17) is 0 Å². The van der Waals surface area contributed by atoms with Crippen molar-refractivity contribution in [2.24, 2.45) is 5.92 Å². The van der Waals surface area contributed by atoms with Crippen LogP contribution in [-0.4, -0.2) is 12.3 Å². The van der Waals surface area contributed by atoms with Gasteiger partial charge in [0, 0.05) is 5.92 Å². The van der Waals surface area contributed by atoms with Crippen molar-refractivity contribution in [2.45, 2.75) is 45.0 Å². The molecule has 0 nitrogen and oxygen atoms in total. The summed E-state index contributed by atoms with van der Waals surface area (Å²) in [6, 6.07) is 8.01. The van der Waals surface area contributed by atoms with Crippen LogP contribution in [0.2, 0.25) is 0 Å². The second-order valence-corrected chi connectivity index (χ2v) is 4.97. The van der Waals surface area contributed by atoms with Crippen molar-refractivity contribution < 1.29 is 8.78 Å². The molecule has 0 spiro atoms. The predicted octanol–water partition coefficient (Wildman–Crippen LogP) is 4.18. The first kappa shape index (κ1) is 11.6. The molecule has 2 heteroatoms. The van der Waals surface area contributed by atoms with Crippen molar-refractivity contribution in [2.75, 3.05) is 0 Å². The maximum atomic E-state index is 13.6. The van der Waals surface area contributed by atoms with Gasteiger partial charge in [-0.15, -0.1) is 0 Å². The molecule has 0 N–H and O–H groups in total. The van der Waals surface area contributed by atoms with Crippen LogP contribution < -0.4 is 0 Å². The lowest BCUT2D eigenvalue weighted by atomic mass is 9.77. The first-order valence-electron chi connectivity index (χ1n) is 5.92. The summed E-state index contributed by atoms with van der Waals surface area (Å²) in [6.45, 7) is 3.68. The van der Waals surface area contributed by atoms with Crippen molar-refractivity contribution in [1.29, 1.82) is 0 Å². The number of hydrogen-bond acceptors (Lipinski definition) is 0. The van der Waals surface area contributed by atoms with Gasteiger partial charge in [-0.25, -0.2) is 8.78 Å². The van der Waals surface area contributed by atoms with E-state index in [0.717, 1.165) is 5.56 Å². The molecule has 1 aliphatic carbocycles. The molecule has 0 saturated heterocycles. The fourth-order valence-electron chi connectivity index (χ4n) is 2.41. The zero-order valence-corrected chi connectivity index (χ0v) is 9.79. The molecule has 0 aliphatic heterocycles. The summed E-state index contributed by atoms with van der Waals surface area (Å²) < 4.78 is 27.2. The van der Waals surface area contributed by atoms with E-state index in [9.17, 15) is 8.78 Å². The minimum Gasteiger partial charge on any atom is -0.247 e. The molecule has 2 rings (SSSR count). The molecule has 1 aromatic carbocycles. The van der Waals surface area contributed by atoms with Gasteiger partial charge in [0.1, 0.15) is 12.3 Å². The van der Waals surface area contributed by atoms with Gasteiger partial charge in [0.05, 0.1) is 0 Å². The topological polar surface area (TPSA) is 0 Å². The minimum atomic E-state index is -1.00. The third-order valence-corrected chi connectivity index (χ3v) is 3.71. The molecule has 16 heavy (non-hydrogen) atoms. The van der Waals surface area contributed by atoms with Crippen LogP contribution in [0.3, 0.4) is 0 Å². The predicted molar refractivity (Wildman–Crippen MR) is 62.1 cm³/mol. The van der Waals surface area contributed by atoms with Gasteiger partial charge in [-0.3, -0.25) is 0 Å². The van der Waals surface area contributed by atoms with Crippen LogP contribution in [0, 0.1) is 12.8 Å². The van der Waals surface area contributed by atoms with Gasteiger partial charge >= 0.3 is 0 Å². The van der Waals surface area contributed by atoms with Gasteiger partial charge in [0.25, 0.3) is 0 Å². The van der Waals surface area contributed by atoms with E-state index in [1.807, 2.05) is 31.2 Å². The standard InChI is InChI=1S/C14H18F2/c1-9-3-5-11(6-4-9)12-7-13(15)10(2)14(16)8-12/h3-6,10,12-14H,7-8H2,1-2H3. The Labute approximate surface area is 95.7 Å². The lowest BCUT2D eigenvalue weighted by Gasteiger charge is -2.32. The van der Waals surface area contributed by atoms with Crippen LogP contribution >= 0.6 is 0 Å². The van der Waals surface area contributed by atoms with E-state index in [2.05, 4.69) is 0 Å². The molecule has 2 atom stereocenters. The third-order valence-electron chi connectivity index (χ3n) is 3.71. The average molecular weight is 224 g/mol. The minimum absolute atomic E-state index is 0.0433. The smallest absolute Gasteiger partial charge is 0.106 e. The molecular formula is C14H18F2. The lowest BCUT2D eigenvalue weighted by Crippen LogP contribution is -2.32. The van der Waals surface area contributed by atoms with Crippen molar-refractivity contribution >= 4 is 0 Å². The average Bonchev–Trinajstić information content (AvgIpc) is 2.26. The second kappa shape index (κ2) is 4.52. The molecular weight excluding hydrogens is 206 g/mol. The van der Waals surface area contributed by atoms with Gasteiger partial charge in [0.2, 0.25) is 0 Å². The zero-order chi connectivity index (χ0) is 11.7. The van der Waals surface area contributed by atoms with Gasteiger partial charge in [-0.2, -0.15) is 0 Å². The molecule has 0 bridgehead atoms. The first-order chi connectivity index (χ1) is 7.58. The largest absolute Gasteiger partial charge is 0.247 e. The highest BCUT2D eigenvalue weighted by molar-refractivity contribution is 5.25. The molecule has 2 unspecified atom stereocenters. The third kappa shape index (κ3) is 2.26. The zero-order valence-electron chi connectivity index (χ0n) is 9.79. The van der Waals surface area contributed by atoms with E-state index in [1.54, 1.807) is 6.92 Å². The first-order valence-corrected chi connectivity index (χ1v) is 5.92. The van der Waals surface area contributed by atoms with Crippen molar-refractivity contribution in [3.63, 3.8) is 0 Å². The highest BCUT2D eigenvalue weighted by atomic mass is 19.1. The van der Waals surface area contributed by atoms with E-state index >= 15 is 0 Å². The molecule has 1 fully saturated rings. The van der Waals surface area contributed by atoms with Crippen LogP contribution in [0.1, 0.15) is 36.8 Å². The summed E-state index contributed by atoms with van der Waals surface area (Å²) in [5.74, 6) is -0.400. The Balaban J connectivity index is 2.13. The van der Waals surface area contributed by atoms with Gasteiger partial charge in [-0.05, 0) is 31.2 Å². The van der Waals surface area contributed by atoms with Gasteiger partial charge in [-0.1, -0.05) is 36.8 Å². The molecule has 1 saturated carbocycles. The fraction of sp³-hybridized carbons (Fsp3) is 0.571. The number of aryl methyl sites for hydroxylation is 1. The van der Waals surface area contributed by atoms with Crippen molar-refractivity contribution in [3.8, 4) is 0 Å². The number of hydrogen-bond donors (Lipinski definition) is 0. The van der Waals surface area contributed by atoms with Crippen LogP contribution in [0.5, 0.6) is 0 Å². The monoisotopic (exact) mass is 224 g/mol. The Bertz CT molecular complexity index is 332. The second-order valence-electron chi connectivity index (χ2n) is 4.97. The fourth-order valence-corrected chi connectivity index (χ4v) is 2.41. The Morgan fingerprint density at radius 3 is 2.00 bits per heavy atom. The van der Waals surface area contributed by atoms with Gasteiger partial charge in [0.15, 0.2) is 0 Å². The summed E-state index contributed by atoms with van der Waals surface area (Å²) in [6.07, 6.45) is -1.08. The number of halogens is 2. The maximum Gasteiger partial charge on any atom is 0.106 e. The summed E-state index contributed by atoms with van der Waals surface area (Å²) in [5, 5.41) is 0. The number of benzene rings is 1. The molecule has 88 valence electrons. The summed E-state index contributed by atoms with van der Waals surface area (Å²) in [5.41, 5.74) is 2.25. The molecule has 1 aromatic rings. The quantitative estimate of drug-likeness (QED) is 0.671. The number of rotatable bonds is 1. The lowest BCUT2D eigenvalue weighted by molar-refractivity contribution is 0.0755. The van der Waals surface area contributed by atoms with Crippen LogP contribution in [0.4, 0.5) is 8.78 Å². The summed E-state index contributed by atoms with van der Waals surface area (Å²) in [7, 11) is 0. The van der Waals surface area contributed by atoms with E-state index in [-0.39, 0.29) is 5.92 Å². The highest BCUT2D eigenvalue weighted by Gasteiger charge is 2.35. The Hall–Kier alpha value is -0.920. The van der Waals surface area contributed by atoms with Crippen molar-refractivity contribution in [1.82, 2.24) is 0 Å². The molecule has 0 radical (unpaired) electrons.